The molecule has 0 aliphatic carbocycles. The molecule has 6 nitrogen and oxygen atoms in total. The van der Waals surface area contributed by atoms with Gasteiger partial charge in [-0.05, 0) is 29.8 Å². The van der Waals surface area contributed by atoms with Gasteiger partial charge in [0.1, 0.15) is 0 Å². The van der Waals surface area contributed by atoms with E-state index in [0.29, 0.717) is 18.3 Å². The Morgan fingerprint density at radius 2 is 1.76 bits per heavy atom. The highest BCUT2D eigenvalue weighted by Crippen LogP contribution is 2.13. The third-order valence-corrected chi connectivity index (χ3v) is 2.81. The summed E-state index contributed by atoms with van der Waals surface area (Å²) < 4.78 is 0. The van der Waals surface area contributed by atoms with Crippen molar-refractivity contribution in [2.75, 3.05) is 10.6 Å². The Morgan fingerprint density at radius 1 is 0.952 bits per heavy atom. The van der Waals surface area contributed by atoms with Crippen LogP contribution in [0.5, 0.6) is 0 Å². The molecule has 0 amide bonds. The van der Waals surface area contributed by atoms with Crippen molar-refractivity contribution in [2.45, 2.75) is 6.54 Å². The fourth-order valence-corrected chi connectivity index (χ4v) is 1.79. The molecule has 6 heteroatoms. The lowest BCUT2D eigenvalue weighted by molar-refractivity contribution is 0.948. The Balaban J connectivity index is 1.66. The van der Waals surface area contributed by atoms with Crippen molar-refractivity contribution >= 4 is 17.5 Å². The first-order chi connectivity index (χ1) is 10.4. The fourth-order valence-electron chi connectivity index (χ4n) is 1.79. The van der Waals surface area contributed by atoms with E-state index < -0.39 is 0 Å². The van der Waals surface area contributed by atoms with Gasteiger partial charge in [0, 0.05) is 24.6 Å². The molecule has 0 bridgehead atoms. The summed E-state index contributed by atoms with van der Waals surface area (Å²) in [6.07, 6.45) is 5.09. The lowest BCUT2D eigenvalue weighted by Gasteiger charge is -2.07. The number of para-hydroxylation sites is 1. The number of aromatic nitrogens is 4. The number of hydrogen-bond acceptors (Lipinski definition) is 6. The lowest BCUT2D eigenvalue weighted by atomic mass is 10.3. The lowest BCUT2D eigenvalue weighted by Crippen LogP contribution is -2.06. The monoisotopic (exact) mass is 278 g/mol. The predicted octanol–water partition coefficient (Wildman–Crippen LogP) is 2.62. The van der Waals surface area contributed by atoms with Gasteiger partial charge in [-0.3, -0.25) is 4.98 Å². The number of nitrogens with zero attached hydrogens (tertiary/aromatic N) is 4. The van der Waals surface area contributed by atoms with Crippen LogP contribution in [0, 0.1) is 0 Å². The summed E-state index contributed by atoms with van der Waals surface area (Å²) in [6.45, 7) is 0.624. The molecule has 0 saturated carbocycles. The molecule has 3 rings (SSSR count). The average molecular weight is 278 g/mol. The normalized spacial score (nSPS) is 10.1. The van der Waals surface area contributed by atoms with Crippen LogP contribution in [0.1, 0.15) is 5.56 Å². The zero-order valence-electron chi connectivity index (χ0n) is 11.3. The van der Waals surface area contributed by atoms with E-state index in [1.807, 2.05) is 42.5 Å². The minimum Gasteiger partial charge on any atom is -0.349 e. The molecule has 0 spiro atoms. The fraction of sp³-hybridized carbons (Fsp3) is 0.0667. The van der Waals surface area contributed by atoms with E-state index in [2.05, 4.69) is 30.8 Å². The highest BCUT2D eigenvalue weighted by molar-refractivity contribution is 5.55. The van der Waals surface area contributed by atoms with Gasteiger partial charge in [0.05, 0.1) is 6.20 Å². The quantitative estimate of drug-likeness (QED) is 0.747. The van der Waals surface area contributed by atoms with Crippen molar-refractivity contribution in [3.63, 3.8) is 0 Å². The third-order valence-electron chi connectivity index (χ3n) is 2.81. The van der Waals surface area contributed by atoms with Crippen LogP contribution in [0.2, 0.25) is 0 Å². The van der Waals surface area contributed by atoms with E-state index in [-0.39, 0.29) is 0 Å². The van der Waals surface area contributed by atoms with Gasteiger partial charge >= 0.3 is 0 Å². The second-order valence-electron chi connectivity index (χ2n) is 4.37. The number of nitrogens with one attached hydrogen (secondary N) is 2. The highest BCUT2D eigenvalue weighted by atomic mass is 15.3. The molecule has 0 saturated heterocycles. The van der Waals surface area contributed by atoms with Crippen LogP contribution >= 0.6 is 0 Å². The van der Waals surface area contributed by atoms with E-state index in [4.69, 9.17) is 0 Å². The van der Waals surface area contributed by atoms with Crippen LogP contribution < -0.4 is 10.6 Å². The summed E-state index contributed by atoms with van der Waals surface area (Å²) in [5.74, 6) is 1.13. The number of anilines is 3. The summed E-state index contributed by atoms with van der Waals surface area (Å²) in [6, 6.07) is 13.7. The molecular formula is C15H14N6. The molecule has 0 aliphatic heterocycles. The summed E-state index contributed by atoms with van der Waals surface area (Å²) in [5.41, 5.74) is 2.06. The minimum atomic E-state index is 0.479. The van der Waals surface area contributed by atoms with Gasteiger partial charge in [-0.1, -0.05) is 18.2 Å². The van der Waals surface area contributed by atoms with E-state index in [1.54, 1.807) is 18.6 Å². The number of benzene rings is 1. The second-order valence-corrected chi connectivity index (χ2v) is 4.37. The largest absolute Gasteiger partial charge is 0.349 e. The Hall–Kier alpha value is -3.02. The molecule has 0 atom stereocenters. The Kier molecular flexibility index (Phi) is 3.97. The van der Waals surface area contributed by atoms with E-state index in [1.165, 1.54) is 0 Å². The van der Waals surface area contributed by atoms with Gasteiger partial charge in [-0.25, -0.2) is 0 Å². The van der Waals surface area contributed by atoms with Crippen molar-refractivity contribution in [3.8, 4) is 0 Å². The number of rotatable bonds is 5. The minimum absolute atomic E-state index is 0.479. The first kappa shape index (κ1) is 13.0. The Bertz CT molecular complexity index is 687. The SMILES string of the molecule is c1ccc(Nc2cnnc(NCc3ccncc3)n2)cc1. The molecule has 2 aromatic heterocycles. The third kappa shape index (κ3) is 3.73. The maximum Gasteiger partial charge on any atom is 0.244 e. The smallest absolute Gasteiger partial charge is 0.244 e. The van der Waals surface area contributed by atoms with E-state index >= 15 is 0 Å². The first-order valence-electron chi connectivity index (χ1n) is 6.55. The molecule has 0 aliphatic rings. The maximum absolute atomic E-state index is 4.37. The summed E-state index contributed by atoms with van der Waals surface area (Å²) >= 11 is 0. The molecule has 104 valence electrons. The highest BCUT2D eigenvalue weighted by Gasteiger charge is 2.01. The molecule has 0 unspecified atom stereocenters. The molecule has 0 fully saturated rings. The van der Waals surface area contributed by atoms with E-state index in [0.717, 1.165) is 11.3 Å². The van der Waals surface area contributed by atoms with Gasteiger partial charge in [-0.15, -0.1) is 5.10 Å². The molecule has 2 heterocycles. The van der Waals surface area contributed by atoms with Gasteiger partial charge in [0.2, 0.25) is 5.95 Å². The molecule has 3 aromatic rings. The number of pyridine rings is 1. The second kappa shape index (κ2) is 6.42. The van der Waals surface area contributed by atoms with Gasteiger partial charge in [0.15, 0.2) is 5.82 Å². The van der Waals surface area contributed by atoms with Gasteiger partial charge in [-0.2, -0.15) is 10.1 Å². The van der Waals surface area contributed by atoms with Crippen LogP contribution in [0.3, 0.4) is 0 Å². The summed E-state index contributed by atoms with van der Waals surface area (Å²) in [5, 5.41) is 14.2. The van der Waals surface area contributed by atoms with Gasteiger partial charge < -0.3 is 10.6 Å². The average Bonchev–Trinajstić information content (AvgIpc) is 2.55. The van der Waals surface area contributed by atoms with Crippen molar-refractivity contribution < 1.29 is 0 Å². The first-order valence-corrected chi connectivity index (χ1v) is 6.55. The van der Waals surface area contributed by atoms with Crippen LogP contribution in [-0.4, -0.2) is 20.2 Å². The van der Waals surface area contributed by atoms with Crippen LogP contribution in [-0.2, 0) is 6.54 Å². The van der Waals surface area contributed by atoms with Crippen molar-refractivity contribution in [3.05, 3.63) is 66.6 Å². The van der Waals surface area contributed by atoms with E-state index in [9.17, 15) is 0 Å². The molecule has 21 heavy (non-hydrogen) atoms. The van der Waals surface area contributed by atoms with Crippen molar-refractivity contribution in [2.24, 2.45) is 0 Å². The Morgan fingerprint density at radius 3 is 2.57 bits per heavy atom. The molecule has 1 aromatic carbocycles. The Labute approximate surface area is 122 Å². The zero-order chi connectivity index (χ0) is 14.3. The van der Waals surface area contributed by atoms with Crippen LogP contribution in [0.15, 0.2) is 61.1 Å². The summed E-state index contributed by atoms with van der Waals surface area (Å²) in [4.78, 5) is 8.35. The summed E-state index contributed by atoms with van der Waals surface area (Å²) in [7, 11) is 0. The molecule has 2 N–H and O–H groups in total. The zero-order valence-corrected chi connectivity index (χ0v) is 11.3. The topological polar surface area (TPSA) is 75.6 Å². The van der Waals surface area contributed by atoms with Crippen LogP contribution in [0.4, 0.5) is 17.5 Å². The molecular weight excluding hydrogens is 264 g/mol. The maximum atomic E-state index is 4.37. The number of hydrogen-bond donors (Lipinski definition) is 2. The van der Waals surface area contributed by atoms with Crippen molar-refractivity contribution in [1.82, 2.24) is 20.2 Å². The molecule has 0 radical (unpaired) electrons. The van der Waals surface area contributed by atoms with Crippen molar-refractivity contribution in [1.29, 1.82) is 0 Å². The standard InChI is InChI=1S/C15H14N6/c1-2-4-13(5-3-1)19-14-11-18-21-15(20-14)17-10-12-6-8-16-9-7-12/h1-9,11H,10H2,(H2,17,19,20,21). The predicted molar refractivity (Wildman–Crippen MR) is 81.1 cm³/mol. The van der Waals surface area contributed by atoms with Crippen LogP contribution in [0.25, 0.3) is 0 Å². The van der Waals surface area contributed by atoms with Gasteiger partial charge in [0.25, 0.3) is 0 Å².